The number of nitrogens with zero attached hydrogens (tertiary/aromatic N) is 1. The standard InChI is InChI=1S/C11H15NO2/c1-3-9-5-10(7-12-6-9)4-8(2)11(13)14/h5-8H,3-4H2,1-2H3,(H,13,14). The zero-order chi connectivity index (χ0) is 10.6. The van der Waals surface area contributed by atoms with E-state index < -0.39 is 5.97 Å². The van der Waals surface area contributed by atoms with E-state index in [-0.39, 0.29) is 5.92 Å². The highest BCUT2D eigenvalue weighted by molar-refractivity contribution is 5.69. The first-order valence-electron chi connectivity index (χ1n) is 4.79. The zero-order valence-corrected chi connectivity index (χ0v) is 8.53. The second-order valence-corrected chi connectivity index (χ2v) is 3.50. The van der Waals surface area contributed by atoms with Gasteiger partial charge in [0.2, 0.25) is 0 Å². The summed E-state index contributed by atoms with van der Waals surface area (Å²) in [5.41, 5.74) is 2.15. The van der Waals surface area contributed by atoms with Crippen molar-refractivity contribution in [2.24, 2.45) is 5.92 Å². The summed E-state index contributed by atoms with van der Waals surface area (Å²) in [4.78, 5) is 14.7. The average Bonchev–Trinajstić information content (AvgIpc) is 2.18. The van der Waals surface area contributed by atoms with E-state index in [0.717, 1.165) is 17.5 Å². The lowest BCUT2D eigenvalue weighted by molar-refractivity contribution is -0.141. The maximum atomic E-state index is 10.6. The fourth-order valence-corrected chi connectivity index (χ4v) is 1.29. The molecule has 1 heterocycles. The van der Waals surface area contributed by atoms with Crippen molar-refractivity contribution in [1.29, 1.82) is 0 Å². The van der Waals surface area contributed by atoms with E-state index in [9.17, 15) is 4.79 Å². The molecule has 1 aromatic heterocycles. The summed E-state index contributed by atoms with van der Waals surface area (Å²) in [6, 6.07) is 2.02. The van der Waals surface area contributed by atoms with Crippen LogP contribution >= 0.6 is 0 Å². The van der Waals surface area contributed by atoms with Gasteiger partial charge < -0.3 is 5.11 Å². The van der Waals surface area contributed by atoms with Crippen molar-refractivity contribution in [2.75, 3.05) is 0 Å². The zero-order valence-electron chi connectivity index (χ0n) is 8.53. The van der Waals surface area contributed by atoms with Crippen LogP contribution in [0.3, 0.4) is 0 Å². The largest absolute Gasteiger partial charge is 0.481 e. The van der Waals surface area contributed by atoms with Crippen molar-refractivity contribution in [2.45, 2.75) is 26.7 Å². The molecule has 0 fully saturated rings. The van der Waals surface area contributed by atoms with E-state index in [2.05, 4.69) is 11.9 Å². The van der Waals surface area contributed by atoms with Gasteiger partial charge in [-0.3, -0.25) is 9.78 Å². The van der Waals surface area contributed by atoms with Crippen molar-refractivity contribution in [3.63, 3.8) is 0 Å². The molecule has 0 saturated heterocycles. The fourth-order valence-electron chi connectivity index (χ4n) is 1.29. The molecule has 0 spiro atoms. The normalized spacial score (nSPS) is 12.4. The molecule has 1 rings (SSSR count). The second kappa shape index (κ2) is 4.74. The molecule has 0 saturated carbocycles. The van der Waals surface area contributed by atoms with Gasteiger partial charge in [0.05, 0.1) is 5.92 Å². The van der Waals surface area contributed by atoms with Crippen LogP contribution in [0.15, 0.2) is 18.5 Å². The summed E-state index contributed by atoms with van der Waals surface area (Å²) in [5.74, 6) is -1.10. The van der Waals surface area contributed by atoms with Crippen LogP contribution < -0.4 is 0 Å². The Morgan fingerprint density at radius 1 is 1.50 bits per heavy atom. The van der Waals surface area contributed by atoms with Crippen molar-refractivity contribution in [3.8, 4) is 0 Å². The molecular formula is C11H15NO2. The average molecular weight is 193 g/mol. The molecule has 1 atom stereocenters. The van der Waals surface area contributed by atoms with Crippen molar-refractivity contribution < 1.29 is 9.90 Å². The van der Waals surface area contributed by atoms with E-state index in [4.69, 9.17) is 5.11 Å². The Kier molecular flexibility index (Phi) is 3.63. The van der Waals surface area contributed by atoms with E-state index >= 15 is 0 Å². The first kappa shape index (κ1) is 10.7. The summed E-state index contributed by atoms with van der Waals surface area (Å²) in [6.45, 7) is 3.77. The lowest BCUT2D eigenvalue weighted by Crippen LogP contribution is -2.12. The van der Waals surface area contributed by atoms with Crippen LogP contribution in [0.2, 0.25) is 0 Å². The van der Waals surface area contributed by atoms with Crippen LogP contribution in [0, 0.1) is 5.92 Å². The molecule has 3 nitrogen and oxygen atoms in total. The number of carbonyl (C=O) groups is 1. The molecule has 0 bridgehead atoms. The molecule has 1 N–H and O–H groups in total. The summed E-state index contributed by atoms with van der Waals surface area (Å²) in [7, 11) is 0. The summed E-state index contributed by atoms with van der Waals surface area (Å²) in [5, 5.41) is 8.75. The SMILES string of the molecule is CCc1cncc(CC(C)C(=O)O)c1. The molecule has 0 amide bonds. The van der Waals surface area contributed by atoms with Gasteiger partial charge >= 0.3 is 5.97 Å². The number of rotatable bonds is 4. The van der Waals surface area contributed by atoms with E-state index in [1.165, 1.54) is 0 Å². The predicted octanol–water partition coefficient (Wildman–Crippen LogP) is 1.91. The highest BCUT2D eigenvalue weighted by Crippen LogP contribution is 2.09. The number of hydrogen-bond acceptors (Lipinski definition) is 2. The van der Waals surface area contributed by atoms with Crippen LogP contribution in [-0.4, -0.2) is 16.1 Å². The number of carboxylic acids is 1. The quantitative estimate of drug-likeness (QED) is 0.794. The van der Waals surface area contributed by atoms with Gasteiger partial charge in [-0.1, -0.05) is 19.9 Å². The third-order valence-electron chi connectivity index (χ3n) is 2.22. The van der Waals surface area contributed by atoms with Crippen molar-refractivity contribution in [3.05, 3.63) is 29.6 Å². The van der Waals surface area contributed by atoms with Gasteiger partial charge in [0.25, 0.3) is 0 Å². The number of aliphatic carboxylic acids is 1. The monoisotopic (exact) mass is 193 g/mol. The topological polar surface area (TPSA) is 50.2 Å². The van der Waals surface area contributed by atoms with Gasteiger partial charge in [-0.15, -0.1) is 0 Å². The molecule has 0 radical (unpaired) electrons. The lowest BCUT2D eigenvalue weighted by Gasteiger charge is -2.06. The van der Waals surface area contributed by atoms with Gasteiger partial charge in [-0.2, -0.15) is 0 Å². The number of pyridine rings is 1. The molecule has 0 aromatic carbocycles. The van der Waals surface area contributed by atoms with Gasteiger partial charge in [-0.25, -0.2) is 0 Å². The summed E-state index contributed by atoms with van der Waals surface area (Å²) >= 11 is 0. The lowest BCUT2D eigenvalue weighted by atomic mass is 10.0. The number of aryl methyl sites for hydroxylation is 1. The number of aromatic nitrogens is 1. The summed E-state index contributed by atoms with van der Waals surface area (Å²) < 4.78 is 0. The van der Waals surface area contributed by atoms with Gasteiger partial charge in [0.15, 0.2) is 0 Å². The third-order valence-corrected chi connectivity index (χ3v) is 2.22. The Morgan fingerprint density at radius 3 is 2.71 bits per heavy atom. The molecule has 76 valence electrons. The fraction of sp³-hybridized carbons (Fsp3) is 0.455. The minimum atomic E-state index is -0.757. The smallest absolute Gasteiger partial charge is 0.306 e. The van der Waals surface area contributed by atoms with Crippen molar-refractivity contribution >= 4 is 5.97 Å². The Labute approximate surface area is 83.8 Å². The first-order chi connectivity index (χ1) is 6.63. The molecular weight excluding hydrogens is 178 g/mol. The molecule has 0 aliphatic heterocycles. The highest BCUT2D eigenvalue weighted by Gasteiger charge is 2.11. The van der Waals surface area contributed by atoms with Crippen LogP contribution in [-0.2, 0) is 17.6 Å². The third kappa shape index (κ3) is 2.83. The van der Waals surface area contributed by atoms with E-state index in [1.807, 2.05) is 12.3 Å². The van der Waals surface area contributed by atoms with E-state index in [1.54, 1.807) is 13.1 Å². The summed E-state index contributed by atoms with van der Waals surface area (Å²) in [6.07, 6.45) is 5.03. The molecule has 0 aliphatic rings. The van der Waals surface area contributed by atoms with Crippen molar-refractivity contribution in [1.82, 2.24) is 4.98 Å². The van der Waals surface area contributed by atoms with Crippen LogP contribution in [0.5, 0.6) is 0 Å². The molecule has 1 aromatic rings. The Morgan fingerprint density at radius 2 is 2.14 bits per heavy atom. The van der Waals surface area contributed by atoms with Crippen LogP contribution in [0.25, 0.3) is 0 Å². The Hall–Kier alpha value is -1.38. The van der Waals surface area contributed by atoms with Gasteiger partial charge in [0.1, 0.15) is 0 Å². The molecule has 3 heteroatoms. The Bertz CT molecular complexity index is 323. The van der Waals surface area contributed by atoms with E-state index in [0.29, 0.717) is 6.42 Å². The molecule has 14 heavy (non-hydrogen) atoms. The molecule has 1 unspecified atom stereocenters. The predicted molar refractivity (Wildman–Crippen MR) is 54.1 cm³/mol. The number of hydrogen-bond donors (Lipinski definition) is 1. The highest BCUT2D eigenvalue weighted by atomic mass is 16.4. The minimum absolute atomic E-state index is 0.344. The van der Waals surface area contributed by atoms with Crippen LogP contribution in [0.4, 0.5) is 0 Å². The Balaban J connectivity index is 2.71. The minimum Gasteiger partial charge on any atom is -0.481 e. The maximum Gasteiger partial charge on any atom is 0.306 e. The second-order valence-electron chi connectivity index (χ2n) is 3.50. The maximum absolute atomic E-state index is 10.6. The van der Waals surface area contributed by atoms with Gasteiger partial charge in [0, 0.05) is 12.4 Å². The molecule has 0 aliphatic carbocycles. The number of carboxylic acid groups (broad SMARTS) is 1. The van der Waals surface area contributed by atoms with Gasteiger partial charge in [-0.05, 0) is 24.0 Å². The first-order valence-corrected chi connectivity index (χ1v) is 4.79. The van der Waals surface area contributed by atoms with Crippen LogP contribution in [0.1, 0.15) is 25.0 Å².